The van der Waals surface area contributed by atoms with E-state index in [4.69, 9.17) is 0 Å². The van der Waals surface area contributed by atoms with Gasteiger partial charge in [0.25, 0.3) is 10.2 Å². The molecule has 1 unspecified atom stereocenters. The molecule has 0 radical (unpaired) electrons. The van der Waals surface area contributed by atoms with E-state index < -0.39 is 26.1 Å². The summed E-state index contributed by atoms with van der Waals surface area (Å²) in [4.78, 5) is 0. The van der Waals surface area contributed by atoms with E-state index in [-0.39, 0.29) is 11.5 Å². The Morgan fingerprint density at radius 1 is 1.35 bits per heavy atom. The summed E-state index contributed by atoms with van der Waals surface area (Å²) in [6.07, 6.45) is 1.06. The van der Waals surface area contributed by atoms with E-state index in [0.29, 0.717) is 25.4 Å². The van der Waals surface area contributed by atoms with E-state index in [9.17, 15) is 16.8 Å². The van der Waals surface area contributed by atoms with Crippen molar-refractivity contribution in [2.75, 3.05) is 31.6 Å². The third kappa shape index (κ3) is 6.04. The van der Waals surface area contributed by atoms with E-state index in [2.05, 4.69) is 10.0 Å². The van der Waals surface area contributed by atoms with Crippen LogP contribution in [0.3, 0.4) is 0 Å². The molecule has 1 rings (SSSR count). The van der Waals surface area contributed by atoms with Gasteiger partial charge in [0.15, 0.2) is 9.84 Å². The molecule has 0 amide bonds. The molecule has 20 heavy (non-hydrogen) atoms. The fourth-order valence-electron chi connectivity index (χ4n) is 2.00. The SMILES string of the molecule is CC(C)NCCCN(C)S(=O)(=O)NC1CCS(=O)(=O)C1. The van der Waals surface area contributed by atoms with Gasteiger partial charge >= 0.3 is 0 Å². The largest absolute Gasteiger partial charge is 0.314 e. The van der Waals surface area contributed by atoms with E-state index in [1.54, 1.807) is 0 Å². The summed E-state index contributed by atoms with van der Waals surface area (Å²) >= 11 is 0. The first-order valence-electron chi connectivity index (χ1n) is 6.80. The standard InChI is InChI=1S/C11H25N3O4S2/c1-10(2)12-6-4-7-14(3)20(17,18)13-11-5-8-19(15,16)9-11/h10-13H,4-9H2,1-3H3. The summed E-state index contributed by atoms with van der Waals surface area (Å²) in [5.74, 6) is -0.0445. The van der Waals surface area contributed by atoms with Crippen LogP contribution in [-0.2, 0) is 20.0 Å². The van der Waals surface area contributed by atoms with Gasteiger partial charge in [0.05, 0.1) is 11.5 Å². The maximum Gasteiger partial charge on any atom is 0.279 e. The van der Waals surface area contributed by atoms with Gasteiger partial charge in [-0.05, 0) is 19.4 Å². The molecule has 7 nitrogen and oxygen atoms in total. The smallest absolute Gasteiger partial charge is 0.279 e. The second kappa shape index (κ2) is 7.17. The van der Waals surface area contributed by atoms with Crippen LogP contribution in [0.15, 0.2) is 0 Å². The summed E-state index contributed by atoms with van der Waals surface area (Å²) < 4.78 is 50.4. The normalized spacial score (nSPS) is 22.8. The van der Waals surface area contributed by atoms with E-state index in [0.717, 1.165) is 6.54 Å². The Bertz CT molecular complexity index is 502. The van der Waals surface area contributed by atoms with Crippen molar-refractivity contribution in [3.63, 3.8) is 0 Å². The van der Waals surface area contributed by atoms with Gasteiger partial charge in [-0.1, -0.05) is 13.8 Å². The molecule has 1 aliphatic rings. The van der Waals surface area contributed by atoms with Crippen molar-refractivity contribution in [2.45, 2.75) is 38.8 Å². The topological polar surface area (TPSA) is 95.6 Å². The molecular formula is C11H25N3O4S2. The quantitative estimate of drug-likeness (QED) is 0.576. The molecule has 9 heteroatoms. The van der Waals surface area contributed by atoms with Gasteiger partial charge in [-0.25, -0.2) is 8.42 Å². The minimum atomic E-state index is -3.60. The molecule has 2 N–H and O–H groups in total. The molecule has 1 atom stereocenters. The predicted octanol–water partition coefficient (Wildman–Crippen LogP) is -0.672. The van der Waals surface area contributed by atoms with Crippen molar-refractivity contribution < 1.29 is 16.8 Å². The lowest BCUT2D eigenvalue weighted by molar-refractivity contribution is 0.433. The Labute approximate surface area is 122 Å². The van der Waals surface area contributed by atoms with E-state index in [1.807, 2.05) is 13.8 Å². The molecule has 0 aromatic rings. The van der Waals surface area contributed by atoms with Gasteiger partial charge in [0, 0.05) is 25.7 Å². The van der Waals surface area contributed by atoms with Gasteiger partial charge in [-0.15, -0.1) is 0 Å². The summed E-state index contributed by atoms with van der Waals surface area (Å²) in [6, 6.07) is -0.125. The first kappa shape index (κ1) is 17.8. The van der Waals surface area contributed by atoms with Crippen LogP contribution < -0.4 is 10.0 Å². The van der Waals surface area contributed by atoms with Crippen molar-refractivity contribution in [3.8, 4) is 0 Å². The third-order valence-corrected chi connectivity index (χ3v) is 6.56. The zero-order valence-electron chi connectivity index (χ0n) is 12.3. The monoisotopic (exact) mass is 327 g/mol. The summed E-state index contributed by atoms with van der Waals surface area (Å²) in [6.45, 7) is 5.20. The van der Waals surface area contributed by atoms with Crippen molar-refractivity contribution in [2.24, 2.45) is 0 Å². The third-order valence-electron chi connectivity index (χ3n) is 3.16. The number of hydrogen-bond acceptors (Lipinski definition) is 5. The Balaban J connectivity index is 2.40. The molecule has 1 heterocycles. The van der Waals surface area contributed by atoms with Gasteiger partial charge in [-0.2, -0.15) is 17.4 Å². The Hall–Kier alpha value is -0.220. The van der Waals surface area contributed by atoms with E-state index >= 15 is 0 Å². The maximum atomic E-state index is 12.0. The molecule has 1 fully saturated rings. The predicted molar refractivity (Wildman–Crippen MR) is 79.5 cm³/mol. The first-order valence-corrected chi connectivity index (χ1v) is 10.1. The summed E-state index contributed by atoms with van der Waals surface area (Å²) in [5.41, 5.74) is 0. The highest BCUT2D eigenvalue weighted by Crippen LogP contribution is 2.13. The van der Waals surface area contributed by atoms with Crippen LogP contribution >= 0.6 is 0 Å². The number of rotatable bonds is 8. The van der Waals surface area contributed by atoms with Crippen LogP contribution in [0.4, 0.5) is 0 Å². The van der Waals surface area contributed by atoms with Gasteiger partial charge < -0.3 is 5.32 Å². The average Bonchev–Trinajstić information content (AvgIpc) is 2.62. The molecule has 0 aromatic heterocycles. The minimum Gasteiger partial charge on any atom is -0.314 e. The van der Waals surface area contributed by atoms with E-state index in [1.165, 1.54) is 11.4 Å². The fourth-order valence-corrected chi connectivity index (χ4v) is 4.95. The Morgan fingerprint density at radius 2 is 2.00 bits per heavy atom. The molecule has 120 valence electrons. The van der Waals surface area contributed by atoms with Gasteiger partial charge in [0.1, 0.15) is 0 Å². The zero-order valence-corrected chi connectivity index (χ0v) is 13.9. The average molecular weight is 327 g/mol. The zero-order chi connectivity index (χ0) is 15.4. The second-order valence-corrected chi connectivity index (χ2v) is 9.54. The summed E-state index contributed by atoms with van der Waals surface area (Å²) in [5, 5.41) is 3.21. The van der Waals surface area contributed by atoms with Crippen LogP contribution in [0.5, 0.6) is 0 Å². The minimum absolute atomic E-state index is 0.0577. The Kier molecular flexibility index (Phi) is 6.39. The Morgan fingerprint density at radius 3 is 2.50 bits per heavy atom. The fraction of sp³-hybridized carbons (Fsp3) is 1.00. The highest BCUT2D eigenvalue weighted by molar-refractivity contribution is 7.91. The van der Waals surface area contributed by atoms with Crippen molar-refractivity contribution in [1.29, 1.82) is 0 Å². The van der Waals surface area contributed by atoms with Crippen LogP contribution in [0.1, 0.15) is 26.7 Å². The molecule has 1 aliphatic heterocycles. The highest BCUT2D eigenvalue weighted by Gasteiger charge is 2.32. The van der Waals surface area contributed by atoms with Gasteiger partial charge in [0.2, 0.25) is 0 Å². The number of hydrogen-bond donors (Lipinski definition) is 2. The van der Waals surface area contributed by atoms with Crippen LogP contribution in [0.25, 0.3) is 0 Å². The molecular weight excluding hydrogens is 302 g/mol. The molecule has 0 aromatic carbocycles. The lowest BCUT2D eigenvalue weighted by atomic mass is 10.3. The van der Waals surface area contributed by atoms with Crippen molar-refractivity contribution in [3.05, 3.63) is 0 Å². The van der Waals surface area contributed by atoms with Crippen molar-refractivity contribution >= 4 is 20.0 Å². The number of nitrogens with one attached hydrogen (secondary N) is 2. The lowest BCUT2D eigenvalue weighted by Crippen LogP contribution is -2.44. The van der Waals surface area contributed by atoms with Crippen LogP contribution in [-0.4, -0.2) is 64.9 Å². The molecule has 0 saturated carbocycles. The van der Waals surface area contributed by atoms with Crippen LogP contribution in [0.2, 0.25) is 0 Å². The lowest BCUT2D eigenvalue weighted by Gasteiger charge is -2.20. The van der Waals surface area contributed by atoms with Crippen LogP contribution in [0, 0.1) is 0 Å². The maximum absolute atomic E-state index is 12.0. The van der Waals surface area contributed by atoms with Crippen molar-refractivity contribution in [1.82, 2.24) is 14.3 Å². The molecule has 1 saturated heterocycles. The number of sulfone groups is 1. The first-order chi connectivity index (χ1) is 9.12. The van der Waals surface area contributed by atoms with Gasteiger partial charge in [-0.3, -0.25) is 0 Å². The summed E-state index contributed by atoms with van der Waals surface area (Å²) in [7, 11) is -5.18. The molecule has 0 bridgehead atoms. The second-order valence-electron chi connectivity index (χ2n) is 5.51. The number of nitrogens with zero attached hydrogens (tertiary/aromatic N) is 1. The molecule has 0 spiro atoms. The molecule has 0 aliphatic carbocycles. The highest BCUT2D eigenvalue weighted by atomic mass is 32.2.